The highest BCUT2D eigenvalue weighted by Crippen LogP contribution is 2.08. The molecule has 13 heavy (non-hydrogen) atoms. The van der Waals surface area contributed by atoms with Crippen molar-refractivity contribution in [1.82, 2.24) is 0 Å². The minimum Gasteiger partial charge on any atom is -0.374 e. The minimum atomic E-state index is 0.454. The average Bonchev–Trinajstić information content (AvgIpc) is 2.17. The first-order chi connectivity index (χ1) is 6.36. The second-order valence-electron chi connectivity index (χ2n) is 2.59. The van der Waals surface area contributed by atoms with E-state index < -0.39 is 0 Å². The topological polar surface area (TPSA) is 35.8 Å². The van der Waals surface area contributed by atoms with Gasteiger partial charge in [-0.1, -0.05) is 18.1 Å². The van der Waals surface area contributed by atoms with E-state index in [9.17, 15) is 0 Å². The molecule has 1 aromatic rings. The summed E-state index contributed by atoms with van der Waals surface area (Å²) in [6.07, 6.45) is 5.55. The fraction of sp³-hybridized carbons (Fsp3) is 0.182. The van der Waals surface area contributed by atoms with Gasteiger partial charge in [-0.3, -0.25) is 0 Å². The molecule has 0 aliphatic carbocycles. The summed E-state index contributed by atoms with van der Waals surface area (Å²) in [5.41, 5.74) is 2.01. The summed E-state index contributed by atoms with van der Waals surface area (Å²) in [6, 6.07) is 9.77. The van der Waals surface area contributed by atoms with Crippen molar-refractivity contribution in [3.05, 3.63) is 29.8 Å². The van der Waals surface area contributed by atoms with Gasteiger partial charge >= 0.3 is 0 Å². The summed E-state index contributed by atoms with van der Waals surface area (Å²) in [7, 11) is 0. The summed E-state index contributed by atoms with van der Waals surface area (Å²) < 4.78 is 0. The van der Waals surface area contributed by atoms with Crippen LogP contribution in [0.2, 0.25) is 0 Å². The Morgan fingerprint density at radius 1 is 1.31 bits per heavy atom. The van der Waals surface area contributed by atoms with Crippen LogP contribution in [-0.2, 0) is 6.42 Å². The number of nitriles is 1. The van der Waals surface area contributed by atoms with Gasteiger partial charge in [0, 0.05) is 5.69 Å². The molecule has 2 nitrogen and oxygen atoms in total. The van der Waals surface area contributed by atoms with Gasteiger partial charge in [-0.2, -0.15) is 5.26 Å². The lowest BCUT2D eigenvalue weighted by atomic mass is 10.1. The standard InChI is InChI=1S/C11H10N2/c1-2-9-13-11-5-3-10(4-6-11)7-8-12/h1,3-6,13H,7,9H2. The number of hydrogen-bond donors (Lipinski definition) is 1. The molecule has 0 aromatic heterocycles. The number of anilines is 1. The first kappa shape index (κ1) is 9.16. The number of benzene rings is 1. The largest absolute Gasteiger partial charge is 0.374 e. The van der Waals surface area contributed by atoms with E-state index in [1.165, 1.54) is 0 Å². The summed E-state index contributed by atoms with van der Waals surface area (Å²) in [5.74, 6) is 2.49. The number of rotatable bonds is 3. The van der Waals surface area contributed by atoms with Crippen LogP contribution in [0.4, 0.5) is 5.69 Å². The van der Waals surface area contributed by atoms with Crippen molar-refractivity contribution in [2.75, 3.05) is 11.9 Å². The van der Waals surface area contributed by atoms with E-state index in [0.29, 0.717) is 13.0 Å². The molecule has 64 valence electrons. The van der Waals surface area contributed by atoms with Crippen molar-refractivity contribution in [2.24, 2.45) is 0 Å². The summed E-state index contributed by atoms with van der Waals surface area (Å²) in [5, 5.41) is 11.5. The Morgan fingerprint density at radius 3 is 2.54 bits per heavy atom. The van der Waals surface area contributed by atoms with Crippen molar-refractivity contribution in [3.8, 4) is 18.4 Å². The van der Waals surface area contributed by atoms with Crippen LogP contribution < -0.4 is 5.32 Å². The molecule has 1 N–H and O–H groups in total. The summed E-state index contributed by atoms with van der Waals surface area (Å²) in [4.78, 5) is 0. The molecule has 0 heterocycles. The Hall–Kier alpha value is -1.93. The van der Waals surface area contributed by atoms with Crippen molar-refractivity contribution in [3.63, 3.8) is 0 Å². The van der Waals surface area contributed by atoms with E-state index >= 15 is 0 Å². The van der Waals surface area contributed by atoms with Gasteiger partial charge in [0.25, 0.3) is 0 Å². The van der Waals surface area contributed by atoms with Crippen LogP contribution in [0.5, 0.6) is 0 Å². The van der Waals surface area contributed by atoms with Gasteiger partial charge in [-0.15, -0.1) is 6.42 Å². The van der Waals surface area contributed by atoms with Gasteiger partial charge in [0.15, 0.2) is 0 Å². The Labute approximate surface area is 78.2 Å². The van der Waals surface area contributed by atoms with Crippen LogP contribution in [0.15, 0.2) is 24.3 Å². The predicted octanol–water partition coefficient (Wildman–Crippen LogP) is 1.80. The molecule has 0 atom stereocenters. The molecule has 2 heteroatoms. The first-order valence-electron chi connectivity index (χ1n) is 4.00. The molecular formula is C11H10N2. The van der Waals surface area contributed by atoms with Crippen molar-refractivity contribution < 1.29 is 0 Å². The molecule has 0 aliphatic heterocycles. The van der Waals surface area contributed by atoms with E-state index in [1.807, 2.05) is 24.3 Å². The second-order valence-corrected chi connectivity index (χ2v) is 2.59. The predicted molar refractivity (Wildman–Crippen MR) is 53.1 cm³/mol. The quantitative estimate of drug-likeness (QED) is 0.702. The van der Waals surface area contributed by atoms with Crippen molar-refractivity contribution >= 4 is 5.69 Å². The van der Waals surface area contributed by atoms with E-state index in [0.717, 1.165) is 11.3 Å². The molecule has 0 saturated carbocycles. The maximum Gasteiger partial charge on any atom is 0.0763 e. The Balaban J connectivity index is 2.61. The molecule has 0 spiro atoms. The third kappa shape index (κ3) is 2.89. The molecular weight excluding hydrogens is 160 g/mol. The van der Waals surface area contributed by atoms with E-state index in [4.69, 9.17) is 11.7 Å². The van der Waals surface area contributed by atoms with Crippen LogP contribution in [0.1, 0.15) is 5.56 Å². The highest BCUT2D eigenvalue weighted by Gasteiger charge is 1.91. The molecule has 0 unspecified atom stereocenters. The second kappa shape index (κ2) is 4.85. The smallest absolute Gasteiger partial charge is 0.0763 e. The molecule has 1 aromatic carbocycles. The number of terminal acetylenes is 1. The normalized spacial score (nSPS) is 8.46. The molecule has 0 saturated heterocycles. The average molecular weight is 170 g/mol. The molecule has 0 radical (unpaired) electrons. The zero-order valence-corrected chi connectivity index (χ0v) is 7.25. The molecule has 0 amide bonds. The third-order valence-electron chi connectivity index (χ3n) is 1.63. The maximum absolute atomic E-state index is 8.44. The Kier molecular flexibility index (Phi) is 3.42. The van der Waals surface area contributed by atoms with Gasteiger partial charge < -0.3 is 5.32 Å². The van der Waals surface area contributed by atoms with Crippen molar-refractivity contribution in [1.29, 1.82) is 5.26 Å². The van der Waals surface area contributed by atoms with Crippen molar-refractivity contribution in [2.45, 2.75) is 6.42 Å². The summed E-state index contributed by atoms with van der Waals surface area (Å²) in [6.45, 7) is 0.525. The SMILES string of the molecule is C#CCNc1ccc(CC#N)cc1. The van der Waals surface area contributed by atoms with Gasteiger partial charge in [-0.05, 0) is 17.7 Å². The van der Waals surface area contributed by atoms with Crippen LogP contribution in [0.25, 0.3) is 0 Å². The van der Waals surface area contributed by atoms with Gasteiger partial charge in [0.05, 0.1) is 19.0 Å². The highest BCUT2D eigenvalue weighted by atomic mass is 14.8. The van der Waals surface area contributed by atoms with Crippen LogP contribution in [0, 0.1) is 23.7 Å². The number of nitrogens with zero attached hydrogens (tertiary/aromatic N) is 1. The third-order valence-corrected chi connectivity index (χ3v) is 1.63. The van der Waals surface area contributed by atoms with Gasteiger partial charge in [0.2, 0.25) is 0 Å². The maximum atomic E-state index is 8.44. The zero-order valence-electron chi connectivity index (χ0n) is 7.25. The van der Waals surface area contributed by atoms with Gasteiger partial charge in [-0.25, -0.2) is 0 Å². The molecule has 0 fully saturated rings. The van der Waals surface area contributed by atoms with E-state index in [1.54, 1.807) is 0 Å². The molecule has 1 rings (SSSR count). The Morgan fingerprint density at radius 2 is 2.00 bits per heavy atom. The highest BCUT2D eigenvalue weighted by molar-refractivity contribution is 5.45. The van der Waals surface area contributed by atoms with Crippen LogP contribution >= 0.6 is 0 Å². The van der Waals surface area contributed by atoms with E-state index in [2.05, 4.69) is 17.3 Å². The number of hydrogen-bond acceptors (Lipinski definition) is 2. The Bertz CT molecular complexity index is 338. The molecule has 0 bridgehead atoms. The summed E-state index contributed by atoms with van der Waals surface area (Å²) >= 11 is 0. The fourth-order valence-corrected chi connectivity index (χ4v) is 0.985. The fourth-order valence-electron chi connectivity index (χ4n) is 0.985. The first-order valence-corrected chi connectivity index (χ1v) is 4.00. The number of nitrogens with one attached hydrogen (secondary N) is 1. The lowest BCUT2D eigenvalue weighted by Gasteiger charge is -2.02. The molecule has 0 aliphatic rings. The zero-order chi connectivity index (χ0) is 9.52. The van der Waals surface area contributed by atoms with Crippen LogP contribution in [-0.4, -0.2) is 6.54 Å². The van der Waals surface area contributed by atoms with E-state index in [-0.39, 0.29) is 0 Å². The van der Waals surface area contributed by atoms with Crippen LogP contribution in [0.3, 0.4) is 0 Å². The van der Waals surface area contributed by atoms with Gasteiger partial charge in [0.1, 0.15) is 0 Å². The monoisotopic (exact) mass is 170 g/mol. The lowest BCUT2D eigenvalue weighted by molar-refractivity contribution is 1.26. The lowest BCUT2D eigenvalue weighted by Crippen LogP contribution is -1.97. The minimum absolute atomic E-state index is 0.454.